The molecule has 0 aliphatic carbocycles. The van der Waals surface area contributed by atoms with E-state index in [9.17, 15) is 9.59 Å². The van der Waals surface area contributed by atoms with Crippen LogP contribution in [0.4, 0.5) is 0 Å². The molecule has 3 aromatic heterocycles. The molecule has 0 unspecified atom stereocenters. The SMILES string of the molecule is O=C(Cn1nc2ccccn2c1=O)N1CCc2sccc2C1. The second-order valence-corrected chi connectivity index (χ2v) is 6.30. The Kier molecular flexibility index (Phi) is 3.07. The standard InChI is InChI=1S/C15H14N4O2S/c20-14(17-7-4-12-11(9-17)5-8-22-12)10-19-15(21)18-6-2-1-3-13(18)16-19/h1-3,5-6,8H,4,7,9-10H2. The molecule has 1 aliphatic heterocycles. The molecule has 0 spiro atoms. The molecular weight excluding hydrogens is 300 g/mol. The lowest BCUT2D eigenvalue weighted by molar-refractivity contribution is -0.133. The van der Waals surface area contributed by atoms with Crippen molar-refractivity contribution in [1.82, 2.24) is 19.1 Å². The van der Waals surface area contributed by atoms with Crippen LogP contribution in [0.15, 0.2) is 40.6 Å². The number of pyridine rings is 1. The summed E-state index contributed by atoms with van der Waals surface area (Å²) < 4.78 is 2.68. The van der Waals surface area contributed by atoms with Crippen LogP contribution in [0, 0.1) is 0 Å². The van der Waals surface area contributed by atoms with Crippen LogP contribution in [0.25, 0.3) is 5.65 Å². The van der Waals surface area contributed by atoms with Gasteiger partial charge in [-0.15, -0.1) is 16.4 Å². The van der Waals surface area contributed by atoms with Crippen molar-refractivity contribution in [3.05, 3.63) is 56.8 Å². The highest BCUT2D eigenvalue weighted by Crippen LogP contribution is 2.24. The van der Waals surface area contributed by atoms with Crippen molar-refractivity contribution < 1.29 is 4.79 Å². The van der Waals surface area contributed by atoms with Gasteiger partial charge in [-0.3, -0.25) is 9.20 Å². The minimum absolute atomic E-state index is 0.0139. The molecule has 22 heavy (non-hydrogen) atoms. The number of aromatic nitrogens is 3. The first kappa shape index (κ1) is 13.3. The topological polar surface area (TPSA) is 59.6 Å². The fraction of sp³-hybridized carbons (Fsp3) is 0.267. The molecule has 0 aromatic carbocycles. The fourth-order valence-corrected chi connectivity index (χ4v) is 3.65. The molecule has 0 bridgehead atoms. The van der Waals surface area contributed by atoms with Gasteiger partial charge in [0.2, 0.25) is 5.91 Å². The molecule has 0 saturated heterocycles. The predicted molar refractivity (Wildman–Crippen MR) is 82.9 cm³/mol. The van der Waals surface area contributed by atoms with E-state index >= 15 is 0 Å². The molecule has 1 aliphatic rings. The first-order valence-corrected chi connectivity index (χ1v) is 7.97. The van der Waals surface area contributed by atoms with E-state index in [1.165, 1.54) is 19.5 Å². The Morgan fingerprint density at radius 1 is 1.32 bits per heavy atom. The van der Waals surface area contributed by atoms with E-state index in [1.54, 1.807) is 34.6 Å². The van der Waals surface area contributed by atoms with Crippen LogP contribution in [0.5, 0.6) is 0 Å². The van der Waals surface area contributed by atoms with E-state index in [2.05, 4.69) is 16.5 Å². The molecule has 7 heteroatoms. The van der Waals surface area contributed by atoms with Gasteiger partial charge >= 0.3 is 5.69 Å². The summed E-state index contributed by atoms with van der Waals surface area (Å²) in [5, 5.41) is 6.26. The van der Waals surface area contributed by atoms with Gasteiger partial charge in [0.15, 0.2) is 5.65 Å². The molecule has 0 fully saturated rings. The van der Waals surface area contributed by atoms with Crippen LogP contribution in [-0.2, 0) is 24.3 Å². The maximum Gasteiger partial charge on any atom is 0.350 e. The van der Waals surface area contributed by atoms with Crippen LogP contribution in [0.3, 0.4) is 0 Å². The van der Waals surface area contributed by atoms with Crippen molar-refractivity contribution in [3.63, 3.8) is 0 Å². The highest BCUT2D eigenvalue weighted by Gasteiger charge is 2.22. The van der Waals surface area contributed by atoms with Crippen molar-refractivity contribution in [2.75, 3.05) is 6.54 Å². The number of fused-ring (bicyclic) bond motifs is 2. The van der Waals surface area contributed by atoms with Gasteiger partial charge in [0.1, 0.15) is 6.54 Å². The highest BCUT2D eigenvalue weighted by molar-refractivity contribution is 7.10. The van der Waals surface area contributed by atoms with Crippen LogP contribution in [0.2, 0.25) is 0 Å². The maximum absolute atomic E-state index is 12.4. The number of hydrogen-bond donors (Lipinski definition) is 0. The van der Waals surface area contributed by atoms with Crippen molar-refractivity contribution in [3.8, 4) is 0 Å². The van der Waals surface area contributed by atoms with E-state index in [4.69, 9.17) is 0 Å². The van der Waals surface area contributed by atoms with Gasteiger partial charge in [0, 0.05) is 24.2 Å². The Hall–Kier alpha value is -2.41. The van der Waals surface area contributed by atoms with Crippen molar-refractivity contribution in [2.45, 2.75) is 19.5 Å². The Balaban J connectivity index is 1.57. The monoisotopic (exact) mass is 314 g/mol. The third kappa shape index (κ3) is 2.14. The maximum atomic E-state index is 12.4. The molecular formula is C15H14N4O2S. The zero-order valence-corrected chi connectivity index (χ0v) is 12.6. The zero-order chi connectivity index (χ0) is 15.1. The number of thiophene rings is 1. The molecule has 4 rings (SSSR count). The van der Waals surface area contributed by atoms with Crippen molar-refractivity contribution >= 4 is 22.9 Å². The lowest BCUT2D eigenvalue weighted by Gasteiger charge is -2.26. The first-order chi connectivity index (χ1) is 10.7. The normalized spacial score (nSPS) is 14.3. The largest absolute Gasteiger partial charge is 0.350 e. The third-order valence-corrected chi connectivity index (χ3v) is 4.96. The smallest absolute Gasteiger partial charge is 0.336 e. The molecule has 4 heterocycles. The summed E-state index contributed by atoms with van der Waals surface area (Å²) in [5.74, 6) is -0.0673. The molecule has 0 radical (unpaired) electrons. The average molecular weight is 314 g/mol. The number of carbonyl (C=O) groups is 1. The molecule has 3 aromatic rings. The number of carbonyl (C=O) groups excluding carboxylic acids is 1. The quantitative estimate of drug-likeness (QED) is 0.713. The third-order valence-electron chi connectivity index (χ3n) is 3.93. The van der Waals surface area contributed by atoms with Crippen LogP contribution >= 0.6 is 11.3 Å². The molecule has 0 saturated carbocycles. The van der Waals surface area contributed by atoms with Crippen molar-refractivity contribution in [1.29, 1.82) is 0 Å². The van der Waals surface area contributed by atoms with Crippen LogP contribution in [0.1, 0.15) is 10.4 Å². The second-order valence-electron chi connectivity index (χ2n) is 5.30. The van der Waals surface area contributed by atoms with Gasteiger partial charge in [-0.2, -0.15) is 0 Å². The second kappa shape index (κ2) is 5.10. The Bertz CT molecular complexity index is 908. The zero-order valence-electron chi connectivity index (χ0n) is 11.8. The Labute approximate surface area is 130 Å². The molecule has 0 atom stereocenters. The minimum Gasteiger partial charge on any atom is -0.336 e. The van der Waals surface area contributed by atoms with E-state index in [1.807, 2.05) is 6.07 Å². The summed E-state index contributed by atoms with van der Waals surface area (Å²) in [5.41, 5.74) is 1.49. The number of nitrogens with zero attached hydrogens (tertiary/aromatic N) is 4. The van der Waals surface area contributed by atoms with E-state index in [0.29, 0.717) is 18.7 Å². The van der Waals surface area contributed by atoms with E-state index in [0.717, 1.165) is 6.42 Å². The Morgan fingerprint density at radius 2 is 2.23 bits per heavy atom. The molecule has 0 N–H and O–H groups in total. The molecule has 6 nitrogen and oxygen atoms in total. The molecule has 1 amide bonds. The van der Waals surface area contributed by atoms with Crippen LogP contribution in [-0.4, -0.2) is 31.5 Å². The summed E-state index contributed by atoms with van der Waals surface area (Å²) in [7, 11) is 0. The summed E-state index contributed by atoms with van der Waals surface area (Å²) >= 11 is 1.74. The van der Waals surface area contributed by atoms with Gasteiger partial charge < -0.3 is 4.90 Å². The number of hydrogen-bond acceptors (Lipinski definition) is 4. The van der Waals surface area contributed by atoms with Crippen LogP contribution < -0.4 is 5.69 Å². The van der Waals surface area contributed by atoms with E-state index in [-0.39, 0.29) is 18.1 Å². The highest BCUT2D eigenvalue weighted by atomic mass is 32.1. The van der Waals surface area contributed by atoms with Gasteiger partial charge in [0.05, 0.1) is 0 Å². The minimum atomic E-state index is -0.280. The van der Waals surface area contributed by atoms with E-state index < -0.39 is 0 Å². The van der Waals surface area contributed by atoms with Gasteiger partial charge in [-0.1, -0.05) is 6.07 Å². The average Bonchev–Trinajstić information content (AvgIpc) is 3.12. The lowest BCUT2D eigenvalue weighted by atomic mass is 10.1. The summed E-state index contributed by atoms with van der Waals surface area (Å²) in [6.45, 7) is 1.31. The van der Waals surface area contributed by atoms with Crippen molar-refractivity contribution in [2.24, 2.45) is 0 Å². The lowest BCUT2D eigenvalue weighted by Crippen LogP contribution is -2.39. The number of rotatable bonds is 2. The van der Waals surface area contributed by atoms with Gasteiger partial charge in [0.25, 0.3) is 0 Å². The van der Waals surface area contributed by atoms with Gasteiger partial charge in [-0.05, 0) is 35.6 Å². The first-order valence-electron chi connectivity index (χ1n) is 7.09. The fourth-order valence-electron chi connectivity index (χ4n) is 2.76. The summed E-state index contributed by atoms with van der Waals surface area (Å²) in [4.78, 5) is 27.8. The predicted octanol–water partition coefficient (Wildman–Crippen LogP) is 1.14. The van der Waals surface area contributed by atoms with Gasteiger partial charge in [-0.25, -0.2) is 9.48 Å². The Morgan fingerprint density at radius 3 is 3.09 bits per heavy atom. The number of amides is 1. The summed E-state index contributed by atoms with van der Waals surface area (Å²) in [6, 6.07) is 7.40. The molecule has 112 valence electrons. The summed E-state index contributed by atoms with van der Waals surface area (Å²) in [6.07, 6.45) is 2.54.